The van der Waals surface area contributed by atoms with E-state index in [9.17, 15) is 14.7 Å². The predicted molar refractivity (Wildman–Crippen MR) is 69.7 cm³/mol. The van der Waals surface area contributed by atoms with Gasteiger partial charge in [-0.15, -0.1) is 0 Å². The van der Waals surface area contributed by atoms with Crippen molar-refractivity contribution in [3.05, 3.63) is 45.0 Å². The fourth-order valence-corrected chi connectivity index (χ4v) is 1.79. The lowest BCUT2D eigenvalue weighted by Crippen LogP contribution is -2.32. The number of aliphatic hydroxyl groups is 1. The van der Waals surface area contributed by atoms with Gasteiger partial charge in [0.15, 0.2) is 0 Å². The molecule has 5 heteroatoms. The van der Waals surface area contributed by atoms with E-state index in [0.717, 1.165) is 0 Å². The molecule has 1 aromatic carbocycles. The van der Waals surface area contributed by atoms with E-state index in [4.69, 9.17) is 0 Å². The molecule has 0 saturated carbocycles. The molecule has 1 aromatic heterocycles. The van der Waals surface area contributed by atoms with Crippen molar-refractivity contribution in [2.45, 2.75) is 32.4 Å². The monoisotopic (exact) mass is 248 g/mol. The first-order chi connectivity index (χ1) is 8.38. The lowest BCUT2D eigenvalue weighted by molar-refractivity contribution is 0.0646. The molecule has 0 spiro atoms. The first-order valence-electron chi connectivity index (χ1n) is 5.83. The predicted octanol–water partition coefficient (Wildman–Crippen LogP) is 0.851. The van der Waals surface area contributed by atoms with E-state index in [1.807, 2.05) is 0 Å². The third kappa shape index (κ3) is 2.51. The van der Waals surface area contributed by atoms with Gasteiger partial charge in [0.25, 0.3) is 11.1 Å². The van der Waals surface area contributed by atoms with Gasteiger partial charge in [0.1, 0.15) is 0 Å². The molecule has 0 fully saturated rings. The zero-order valence-corrected chi connectivity index (χ0v) is 10.4. The molecular weight excluding hydrogens is 232 g/mol. The van der Waals surface area contributed by atoms with Crippen LogP contribution in [0.25, 0.3) is 10.8 Å². The summed E-state index contributed by atoms with van der Waals surface area (Å²) in [6, 6.07) is 6.70. The number of benzene rings is 1. The van der Waals surface area contributed by atoms with Crippen LogP contribution in [0.5, 0.6) is 0 Å². The molecule has 1 heterocycles. The van der Waals surface area contributed by atoms with E-state index in [-0.39, 0.29) is 17.7 Å². The molecule has 2 aromatic rings. The lowest BCUT2D eigenvalue weighted by Gasteiger charge is -2.17. The first-order valence-corrected chi connectivity index (χ1v) is 5.83. The smallest absolute Gasteiger partial charge is 0.273 e. The lowest BCUT2D eigenvalue weighted by atomic mass is 10.1. The number of rotatable bonds is 3. The number of nitrogens with zero attached hydrogens (tertiary/aromatic N) is 1. The Morgan fingerprint density at radius 1 is 1.22 bits per heavy atom. The molecular formula is C13H16N2O3. The zero-order chi connectivity index (χ0) is 13.3. The van der Waals surface area contributed by atoms with Gasteiger partial charge in [-0.25, -0.2) is 4.68 Å². The molecule has 0 saturated heterocycles. The second-order valence-electron chi connectivity index (χ2n) is 5.01. The van der Waals surface area contributed by atoms with Crippen LogP contribution in [0.1, 0.15) is 20.3 Å². The highest BCUT2D eigenvalue weighted by atomic mass is 16.3. The fourth-order valence-electron chi connectivity index (χ4n) is 1.79. The van der Waals surface area contributed by atoms with Crippen molar-refractivity contribution < 1.29 is 5.11 Å². The largest absolute Gasteiger partial charge is 0.390 e. The van der Waals surface area contributed by atoms with E-state index < -0.39 is 5.60 Å². The highest BCUT2D eigenvalue weighted by molar-refractivity contribution is 5.80. The van der Waals surface area contributed by atoms with Crippen LogP contribution in [0, 0.1) is 0 Å². The van der Waals surface area contributed by atoms with Crippen LogP contribution in [0.3, 0.4) is 0 Å². The maximum Gasteiger partial charge on any atom is 0.273 e. The Hall–Kier alpha value is -1.88. The van der Waals surface area contributed by atoms with Crippen LogP contribution in [-0.2, 0) is 6.54 Å². The summed E-state index contributed by atoms with van der Waals surface area (Å²) in [6.45, 7) is 3.61. The standard InChI is InChI=1S/C13H16N2O3/c1-13(2,18)7-8-15-12(17)10-6-4-3-5-9(10)11(16)14-15/h3-6,18H,7-8H2,1-2H3,(H,14,16). The van der Waals surface area contributed by atoms with Gasteiger partial charge in [0.05, 0.1) is 16.4 Å². The summed E-state index contributed by atoms with van der Waals surface area (Å²) in [5.74, 6) is 0. The highest BCUT2D eigenvalue weighted by Gasteiger charge is 2.14. The fraction of sp³-hybridized carbons (Fsp3) is 0.385. The van der Waals surface area contributed by atoms with E-state index in [1.54, 1.807) is 38.1 Å². The van der Waals surface area contributed by atoms with Crippen molar-refractivity contribution >= 4 is 10.8 Å². The number of hydrogen-bond donors (Lipinski definition) is 2. The molecule has 0 amide bonds. The molecule has 2 N–H and O–H groups in total. The summed E-state index contributed by atoms with van der Waals surface area (Å²) in [4.78, 5) is 23.9. The molecule has 0 aliphatic rings. The van der Waals surface area contributed by atoms with E-state index >= 15 is 0 Å². The average molecular weight is 248 g/mol. The van der Waals surface area contributed by atoms with Crippen LogP contribution >= 0.6 is 0 Å². The third-order valence-corrected chi connectivity index (χ3v) is 2.83. The minimum absolute atomic E-state index is 0.241. The molecule has 2 rings (SSSR count). The van der Waals surface area contributed by atoms with Gasteiger partial charge in [-0.05, 0) is 32.4 Å². The summed E-state index contributed by atoms with van der Waals surface area (Å²) < 4.78 is 1.25. The van der Waals surface area contributed by atoms with Crippen LogP contribution in [0.2, 0.25) is 0 Å². The second-order valence-corrected chi connectivity index (χ2v) is 5.01. The van der Waals surface area contributed by atoms with Gasteiger partial charge in [-0.2, -0.15) is 0 Å². The Labute approximate surface area is 104 Å². The molecule has 0 aliphatic carbocycles. The minimum atomic E-state index is -0.873. The summed E-state index contributed by atoms with van der Waals surface area (Å²) in [7, 11) is 0. The molecule has 5 nitrogen and oxygen atoms in total. The number of nitrogens with one attached hydrogen (secondary N) is 1. The van der Waals surface area contributed by atoms with Gasteiger partial charge in [0.2, 0.25) is 0 Å². The molecule has 0 atom stereocenters. The number of H-pyrrole nitrogens is 1. The SMILES string of the molecule is CC(C)(O)CCn1[nH]c(=O)c2ccccc2c1=O. The Kier molecular flexibility index (Phi) is 3.09. The molecule has 0 radical (unpaired) electrons. The minimum Gasteiger partial charge on any atom is -0.390 e. The van der Waals surface area contributed by atoms with E-state index in [2.05, 4.69) is 5.10 Å². The summed E-state index contributed by atoms with van der Waals surface area (Å²) >= 11 is 0. The molecule has 96 valence electrons. The third-order valence-electron chi connectivity index (χ3n) is 2.83. The number of aromatic nitrogens is 2. The van der Waals surface area contributed by atoms with Crippen molar-refractivity contribution in [1.82, 2.24) is 9.78 Å². The number of aryl methyl sites for hydroxylation is 1. The Morgan fingerprint density at radius 3 is 2.44 bits per heavy atom. The van der Waals surface area contributed by atoms with Crippen LogP contribution < -0.4 is 11.1 Å². The van der Waals surface area contributed by atoms with Crippen LogP contribution in [-0.4, -0.2) is 20.5 Å². The van der Waals surface area contributed by atoms with Gasteiger partial charge in [-0.3, -0.25) is 14.7 Å². The van der Waals surface area contributed by atoms with E-state index in [1.165, 1.54) is 4.68 Å². The average Bonchev–Trinajstić information content (AvgIpc) is 2.31. The van der Waals surface area contributed by atoms with E-state index in [0.29, 0.717) is 17.2 Å². The van der Waals surface area contributed by atoms with Crippen molar-refractivity contribution in [1.29, 1.82) is 0 Å². The molecule has 0 unspecified atom stereocenters. The van der Waals surface area contributed by atoms with Gasteiger partial charge in [-0.1, -0.05) is 12.1 Å². The topological polar surface area (TPSA) is 75.1 Å². The van der Waals surface area contributed by atoms with Crippen molar-refractivity contribution in [3.8, 4) is 0 Å². The van der Waals surface area contributed by atoms with Crippen molar-refractivity contribution in [2.24, 2.45) is 0 Å². The van der Waals surface area contributed by atoms with Crippen molar-refractivity contribution in [2.75, 3.05) is 0 Å². The van der Waals surface area contributed by atoms with Gasteiger partial charge < -0.3 is 5.11 Å². The zero-order valence-electron chi connectivity index (χ0n) is 10.4. The Bertz CT molecular complexity index is 677. The number of aromatic amines is 1. The molecule has 0 bridgehead atoms. The maximum absolute atomic E-state index is 12.1. The molecule has 18 heavy (non-hydrogen) atoms. The summed E-state index contributed by atoms with van der Waals surface area (Å²) in [5, 5.41) is 13.0. The Morgan fingerprint density at radius 2 is 1.83 bits per heavy atom. The number of fused-ring (bicyclic) bond motifs is 1. The first kappa shape index (κ1) is 12.6. The van der Waals surface area contributed by atoms with Crippen molar-refractivity contribution in [3.63, 3.8) is 0 Å². The van der Waals surface area contributed by atoms with Gasteiger partial charge in [0, 0.05) is 6.54 Å². The number of hydrogen-bond acceptors (Lipinski definition) is 3. The normalized spacial score (nSPS) is 11.9. The highest BCUT2D eigenvalue weighted by Crippen LogP contribution is 2.08. The summed E-state index contributed by atoms with van der Waals surface area (Å²) in [5.41, 5.74) is -1.41. The quantitative estimate of drug-likeness (QED) is 0.845. The van der Waals surface area contributed by atoms with Crippen LogP contribution in [0.15, 0.2) is 33.9 Å². The van der Waals surface area contributed by atoms with Gasteiger partial charge >= 0.3 is 0 Å². The summed E-state index contributed by atoms with van der Waals surface area (Å²) in [6.07, 6.45) is 0.390. The molecule has 0 aliphatic heterocycles. The second kappa shape index (κ2) is 4.42. The maximum atomic E-state index is 12.1. The Balaban J connectivity index is 2.51. The van der Waals surface area contributed by atoms with Crippen LogP contribution in [0.4, 0.5) is 0 Å².